The van der Waals surface area contributed by atoms with Crippen molar-refractivity contribution in [3.8, 4) is 11.1 Å². The van der Waals surface area contributed by atoms with E-state index in [9.17, 15) is 0 Å². The number of halogens is 20. The maximum Gasteiger partial charge on any atom is 0.200 e. The monoisotopic (exact) mass is 1160 g/mol. The highest BCUT2D eigenvalue weighted by atomic mass is 28.4. The Morgan fingerprint density at radius 3 is 0.772 bits per heavy atom. The van der Waals surface area contributed by atoms with Crippen molar-refractivity contribution in [1.29, 1.82) is 0 Å². The lowest BCUT2D eigenvalue weighted by atomic mass is 9.72. The molecule has 0 fully saturated rings. The van der Waals surface area contributed by atoms with E-state index in [2.05, 4.69) is 5.32 Å². The van der Waals surface area contributed by atoms with E-state index in [1.165, 1.54) is 36.4 Å². The summed E-state index contributed by atoms with van der Waals surface area (Å²) < 4.78 is 335. The molecule has 1 N–H and O–H groups in total. The summed E-state index contributed by atoms with van der Waals surface area (Å²) in [4.78, 5) is 0. The van der Waals surface area contributed by atoms with Gasteiger partial charge in [0.1, 0.15) is 11.2 Å². The summed E-state index contributed by atoms with van der Waals surface area (Å²) in [5.74, 6) is -57.3. The summed E-state index contributed by atoms with van der Waals surface area (Å²) in [7, 11) is -8.29. The molecular weight excluding hydrogens is 1130 g/mol. The molecule has 8 aromatic carbocycles. The van der Waals surface area contributed by atoms with E-state index in [1.807, 2.05) is 0 Å². The average Bonchev–Trinajstić information content (AvgIpc) is 3.71. The number of nitrogens with one attached hydrogen (secondary N) is 1. The van der Waals surface area contributed by atoms with Crippen LogP contribution in [0.25, 0.3) is 32.7 Å². The van der Waals surface area contributed by atoms with Crippen molar-refractivity contribution in [3.05, 3.63) is 222 Å². The first-order valence-corrected chi connectivity index (χ1v) is 29.9. The van der Waals surface area contributed by atoms with Crippen LogP contribution in [-0.2, 0) is 33.1 Å². The third-order valence-corrected chi connectivity index (χ3v) is 14.9. The van der Waals surface area contributed by atoms with Crippen molar-refractivity contribution < 1.29 is 96.7 Å². The number of benzene rings is 8. The highest BCUT2D eigenvalue weighted by Gasteiger charge is 2.56. The fourth-order valence-electron chi connectivity index (χ4n) is 10.3. The molecule has 0 atom stereocenters. The van der Waals surface area contributed by atoms with Crippen molar-refractivity contribution in [2.45, 2.75) is 63.6 Å². The van der Waals surface area contributed by atoms with Crippen molar-refractivity contribution >= 4 is 38.2 Å². The van der Waals surface area contributed by atoms with E-state index < -0.39 is 213 Å². The van der Waals surface area contributed by atoms with Crippen LogP contribution in [0.4, 0.5) is 87.8 Å². The molecular formula is C54H33F20NO2Si2. The lowest BCUT2D eigenvalue weighted by Gasteiger charge is -2.43. The Labute approximate surface area is 435 Å². The molecule has 1 aliphatic heterocycles. The van der Waals surface area contributed by atoms with E-state index in [-0.39, 0.29) is 21.5 Å². The van der Waals surface area contributed by atoms with Gasteiger partial charge in [0.25, 0.3) is 0 Å². The predicted octanol–water partition coefficient (Wildman–Crippen LogP) is 16.3. The van der Waals surface area contributed by atoms with E-state index in [4.69, 9.17) is 8.85 Å². The molecule has 1 aliphatic rings. The zero-order valence-corrected chi connectivity index (χ0v) is 43.1. The van der Waals surface area contributed by atoms with Crippen LogP contribution in [0.5, 0.6) is 0 Å². The second kappa shape index (κ2) is 19.5. The van der Waals surface area contributed by atoms with Gasteiger partial charge in [-0.3, -0.25) is 0 Å². The standard InChI is InChI=1S/C54H33F20NO2Si2/c1-78(2,3)76-53(29-33(55)41(63)49(71)42(64)34(29)56,30-35(57)43(65)50(72)44(66)36(30)58)25-15-19-11-7-9-13-21(19)27-23(25)17-75-18-24-26(16-20-12-8-10-14-22(20)28(24)27)54(77-79(4,5)6,31-37(59)45(67)51(73)46(68)38(31)60)32-39(61)47(69)52(74)48(70)40(32)62/h7-16,75H,17-18H2,1-6H3. The van der Waals surface area contributed by atoms with Gasteiger partial charge in [-0.25, -0.2) is 87.8 Å². The van der Waals surface area contributed by atoms with Gasteiger partial charge in [0.2, 0.25) is 23.3 Å². The highest BCUT2D eigenvalue weighted by molar-refractivity contribution is 6.70. The summed E-state index contributed by atoms with van der Waals surface area (Å²) in [5.41, 5.74) is -22.5. The third kappa shape index (κ3) is 8.42. The van der Waals surface area contributed by atoms with Crippen LogP contribution >= 0.6 is 0 Å². The van der Waals surface area contributed by atoms with Crippen LogP contribution in [0.2, 0.25) is 39.3 Å². The summed E-state index contributed by atoms with van der Waals surface area (Å²) in [5, 5.41) is 1.73. The van der Waals surface area contributed by atoms with Crippen LogP contribution in [0.15, 0.2) is 60.7 Å². The Balaban J connectivity index is 1.63. The highest BCUT2D eigenvalue weighted by Crippen LogP contribution is 2.57. The van der Waals surface area contributed by atoms with Crippen LogP contribution in [-0.4, -0.2) is 16.6 Å². The van der Waals surface area contributed by atoms with Crippen molar-refractivity contribution in [2.24, 2.45) is 0 Å². The van der Waals surface area contributed by atoms with Gasteiger partial charge in [-0.2, -0.15) is 0 Å². The predicted molar refractivity (Wildman–Crippen MR) is 251 cm³/mol. The molecule has 414 valence electrons. The molecule has 0 saturated carbocycles. The molecule has 0 saturated heterocycles. The first-order valence-electron chi connectivity index (χ1n) is 23.1. The van der Waals surface area contributed by atoms with Crippen LogP contribution < -0.4 is 5.32 Å². The van der Waals surface area contributed by atoms with Gasteiger partial charge in [-0.15, -0.1) is 0 Å². The van der Waals surface area contributed by atoms with Gasteiger partial charge >= 0.3 is 0 Å². The average molecular weight is 1160 g/mol. The van der Waals surface area contributed by atoms with Crippen molar-refractivity contribution in [2.75, 3.05) is 0 Å². The molecule has 8 aromatic rings. The number of rotatable bonds is 10. The minimum atomic E-state index is -4.22. The van der Waals surface area contributed by atoms with Gasteiger partial charge in [-0.05, 0) is 106 Å². The van der Waals surface area contributed by atoms with E-state index >= 15 is 87.8 Å². The molecule has 0 unspecified atom stereocenters. The van der Waals surface area contributed by atoms with Crippen molar-refractivity contribution in [3.63, 3.8) is 0 Å². The van der Waals surface area contributed by atoms with Gasteiger partial charge in [0.05, 0.1) is 22.3 Å². The Bertz CT molecular complexity index is 3440. The molecule has 3 nitrogen and oxygen atoms in total. The molecule has 25 heteroatoms. The summed E-state index contributed by atoms with van der Waals surface area (Å²) >= 11 is 0. The van der Waals surface area contributed by atoms with Crippen LogP contribution in [0.1, 0.15) is 44.5 Å². The molecule has 79 heavy (non-hydrogen) atoms. The topological polar surface area (TPSA) is 30.5 Å². The molecule has 0 bridgehead atoms. The minimum absolute atomic E-state index is 0.172. The number of hydrogen-bond acceptors (Lipinski definition) is 3. The summed E-state index contributed by atoms with van der Waals surface area (Å²) in [6.07, 6.45) is 0. The normalized spacial score (nSPS) is 13.4. The minimum Gasteiger partial charge on any atom is -0.400 e. The maximum atomic E-state index is 17.0. The van der Waals surface area contributed by atoms with Crippen LogP contribution in [0, 0.1) is 116 Å². The van der Waals surface area contributed by atoms with E-state index in [0.717, 1.165) is 63.5 Å². The fraction of sp³-hybridized carbons (Fsp3) is 0.185. The van der Waals surface area contributed by atoms with Gasteiger partial charge < -0.3 is 14.2 Å². The molecule has 0 radical (unpaired) electrons. The summed E-state index contributed by atoms with van der Waals surface area (Å²) in [6, 6.07) is 11.4. The van der Waals surface area contributed by atoms with E-state index in [1.54, 1.807) is 0 Å². The molecule has 0 aliphatic carbocycles. The lowest BCUT2D eigenvalue weighted by Crippen LogP contribution is -2.46. The van der Waals surface area contributed by atoms with Crippen LogP contribution in [0.3, 0.4) is 0 Å². The maximum absolute atomic E-state index is 17.0. The second-order valence-corrected chi connectivity index (χ2v) is 29.0. The molecule has 0 spiro atoms. The molecule has 0 aromatic heterocycles. The van der Waals surface area contributed by atoms with Gasteiger partial charge in [-0.1, -0.05) is 48.5 Å². The zero-order chi connectivity index (χ0) is 58.2. The Morgan fingerprint density at radius 1 is 0.329 bits per heavy atom. The fourth-order valence-corrected chi connectivity index (χ4v) is 12.8. The second-order valence-electron chi connectivity index (χ2n) is 20.2. The lowest BCUT2D eigenvalue weighted by molar-refractivity contribution is 0.119. The Kier molecular flexibility index (Phi) is 14.0. The Morgan fingerprint density at radius 2 is 0.544 bits per heavy atom. The molecule has 0 amide bonds. The molecule has 1 heterocycles. The third-order valence-electron chi connectivity index (χ3n) is 13.1. The molecule has 9 rings (SSSR count). The largest absolute Gasteiger partial charge is 0.400 e. The van der Waals surface area contributed by atoms with Crippen molar-refractivity contribution in [1.82, 2.24) is 5.32 Å². The zero-order valence-electron chi connectivity index (χ0n) is 41.1. The smallest absolute Gasteiger partial charge is 0.200 e. The number of hydrogen-bond donors (Lipinski definition) is 1. The quantitative estimate of drug-likeness (QED) is 0.0487. The Hall–Kier alpha value is -6.81. The van der Waals surface area contributed by atoms with Gasteiger partial charge in [0, 0.05) is 13.1 Å². The van der Waals surface area contributed by atoms with E-state index in [0.29, 0.717) is 0 Å². The first-order chi connectivity index (χ1) is 36.8. The SMILES string of the molecule is C[Si](C)(C)OC(c1cc2ccccc2c2c1CNCc1c(C(O[Si](C)(C)C)(c3c(F)c(F)c(F)c(F)c3F)c3c(F)c(F)c(F)c(F)c3F)cc3ccccc3c1-2)(c1c(F)c(F)c(F)c(F)c1F)c1c(F)c(F)c(F)c(F)c1F. The number of fused-ring (bicyclic) bond motifs is 7. The van der Waals surface area contributed by atoms with Gasteiger partial charge in [0.15, 0.2) is 110 Å². The summed E-state index contributed by atoms with van der Waals surface area (Å²) in [6.45, 7) is 4.67. The first kappa shape index (κ1) is 56.9.